The first-order valence-electron chi connectivity index (χ1n) is 11.8. The number of rotatable bonds is 6. The number of nitrogens with zero attached hydrogens (tertiary/aromatic N) is 4. The van der Waals surface area contributed by atoms with Gasteiger partial charge >= 0.3 is 0 Å². The molecule has 0 saturated carbocycles. The lowest BCUT2D eigenvalue weighted by atomic mass is 10.0. The highest BCUT2D eigenvalue weighted by Gasteiger charge is 2.24. The van der Waals surface area contributed by atoms with E-state index >= 15 is 0 Å². The fourth-order valence-electron chi connectivity index (χ4n) is 4.31. The van der Waals surface area contributed by atoms with Gasteiger partial charge in [-0.3, -0.25) is 9.78 Å². The zero-order valence-corrected chi connectivity index (χ0v) is 20.8. The minimum absolute atomic E-state index is 0.0557. The normalized spacial score (nSPS) is 14.6. The highest BCUT2D eigenvalue weighted by molar-refractivity contribution is 7.88. The molecule has 184 valence electrons. The third-order valence-electron chi connectivity index (χ3n) is 6.27. The van der Waals surface area contributed by atoms with Crippen LogP contribution < -0.4 is 10.2 Å². The van der Waals surface area contributed by atoms with Gasteiger partial charge in [0.2, 0.25) is 15.9 Å². The molecule has 1 saturated heterocycles. The molecule has 1 amide bonds. The Kier molecular flexibility index (Phi) is 6.67. The first kappa shape index (κ1) is 23.9. The maximum absolute atomic E-state index is 12.3. The number of carbonyl (C=O) groups is 1. The second-order valence-electron chi connectivity index (χ2n) is 8.87. The van der Waals surface area contributed by atoms with Crippen LogP contribution in [0, 0.1) is 0 Å². The van der Waals surface area contributed by atoms with Crippen molar-refractivity contribution in [3.05, 3.63) is 84.6 Å². The molecule has 0 bridgehead atoms. The van der Waals surface area contributed by atoms with E-state index in [9.17, 15) is 13.2 Å². The van der Waals surface area contributed by atoms with Crippen LogP contribution in [0.5, 0.6) is 0 Å². The Hall–Kier alpha value is -3.82. The summed E-state index contributed by atoms with van der Waals surface area (Å²) in [5, 5.41) is 2.95. The number of hydrogen-bond donors (Lipinski definition) is 1. The van der Waals surface area contributed by atoms with Gasteiger partial charge in [-0.15, -0.1) is 0 Å². The minimum atomic E-state index is -3.18. The van der Waals surface area contributed by atoms with Gasteiger partial charge < -0.3 is 10.2 Å². The fraction of sp³-hybridized carbons (Fsp3) is 0.222. The van der Waals surface area contributed by atoms with Gasteiger partial charge in [0, 0.05) is 31.9 Å². The van der Waals surface area contributed by atoms with Crippen LogP contribution in [0.25, 0.3) is 22.2 Å². The van der Waals surface area contributed by atoms with Gasteiger partial charge in [0.15, 0.2) is 0 Å². The Balaban J connectivity index is 1.28. The van der Waals surface area contributed by atoms with E-state index in [0.29, 0.717) is 32.6 Å². The number of fused-ring (bicyclic) bond motifs is 1. The number of sulfonamides is 1. The highest BCUT2D eigenvalue weighted by Crippen LogP contribution is 2.26. The molecular formula is C27H27N5O3S. The van der Waals surface area contributed by atoms with Gasteiger partial charge in [-0.1, -0.05) is 48.5 Å². The molecule has 0 unspecified atom stereocenters. The van der Waals surface area contributed by atoms with Crippen LogP contribution in [-0.2, 0) is 21.2 Å². The van der Waals surface area contributed by atoms with Crippen LogP contribution >= 0.6 is 0 Å². The Morgan fingerprint density at radius 2 is 1.58 bits per heavy atom. The van der Waals surface area contributed by atoms with Gasteiger partial charge in [0.25, 0.3) is 0 Å². The third kappa shape index (κ3) is 5.53. The summed E-state index contributed by atoms with van der Waals surface area (Å²) in [6, 6.07) is 23.3. The number of hydrogen-bond acceptors (Lipinski definition) is 6. The average molecular weight is 502 g/mol. The van der Waals surface area contributed by atoms with Crippen LogP contribution in [0.3, 0.4) is 0 Å². The maximum Gasteiger partial charge on any atom is 0.228 e. The zero-order chi connectivity index (χ0) is 25.1. The van der Waals surface area contributed by atoms with Crippen molar-refractivity contribution < 1.29 is 13.2 Å². The monoisotopic (exact) mass is 501 g/mol. The van der Waals surface area contributed by atoms with E-state index in [2.05, 4.69) is 15.2 Å². The molecule has 1 aromatic heterocycles. The molecule has 0 radical (unpaired) electrons. The van der Waals surface area contributed by atoms with E-state index in [4.69, 9.17) is 4.98 Å². The van der Waals surface area contributed by atoms with Crippen LogP contribution in [0.15, 0.2) is 79.0 Å². The second-order valence-corrected chi connectivity index (χ2v) is 10.9. The number of amides is 1. The van der Waals surface area contributed by atoms with Crippen LogP contribution in [0.4, 0.5) is 11.5 Å². The van der Waals surface area contributed by atoms with Gasteiger partial charge in [0.1, 0.15) is 5.82 Å². The van der Waals surface area contributed by atoms with Gasteiger partial charge in [-0.2, -0.15) is 4.31 Å². The Labute approximate surface area is 210 Å². The third-order valence-corrected chi connectivity index (χ3v) is 7.57. The number of carbonyl (C=O) groups excluding carboxylic acids is 1. The predicted octanol–water partition coefficient (Wildman–Crippen LogP) is 3.56. The standard InChI is InChI=1S/C27H27N5O3S/c1-36(34,35)32-15-13-31(14-16-32)26-19-28-24-12-9-22(18-25(24)30-26)21-7-10-23(11-8-21)29-27(33)17-20-5-3-2-4-6-20/h2-12,18-19H,13-17H2,1H3,(H,29,33). The Morgan fingerprint density at radius 3 is 2.28 bits per heavy atom. The quantitative estimate of drug-likeness (QED) is 0.434. The van der Waals surface area contributed by atoms with Crippen molar-refractivity contribution >= 4 is 38.5 Å². The molecule has 0 aliphatic carbocycles. The lowest BCUT2D eigenvalue weighted by molar-refractivity contribution is -0.115. The molecule has 9 heteroatoms. The number of nitrogens with one attached hydrogen (secondary N) is 1. The van der Waals surface area contributed by atoms with Gasteiger partial charge in [-0.05, 0) is 41.0 Å². The van der Waals surface area contributed by atoms with Crippen molar-refractivity contribution in [3.63, 3.8) is 0 Å². The lowest BCUT2D eigenvalue weighted by Gasteiger charge is -2.33. The molecule has 3 aromatic carbocycles. The van der Waals surface area contributed by atoms with E-state index in [-0.39, 0.29) is 5.91 Å². The molecule has 1 aliphatic heterocycles. The van der Waals surface area contributed by atoms with Crippen LogP contribution in [0.1, 0.15) is 5.56 Å². The van der Waals surface area contributed by atoms with Gasteiger partial charge in [0.05, 0.1) is 29.9 Å². The van der Waals surface area contributed by atoms with Crippen molar-refractivity contribution in [3.8, 4) is 11.1 Å². The van der Waals surface area contributed by atoms with E-state index in [1.54, 1.807) is 6.20 Å². The van der Waals surface area contributed by atoms with Crippen molar-refractivity contribution in [2.24, 2.45) is 0 Å². The second kappa shape index (κ2) is 10.0. The number of anilines is 2. The lowest BCUT2D eigenvalue weighted by Crippen LogP contribution is -2.48. The van der Waals surface area contributed by atoms with Crippen LogP contribution in [0.2, 0.25) is 0 Å². The molecule has 0 atom stereocenters. The number of aromatic nitrogens is 2. The van der Waals surface area contributed by atoms with Crippen molar-refractivity contribution in [1.29, 1.82) is 0 Å². The highest BCUT2D eigenvalue weighted by atomic mass is 32.2. The summed E-state index contributed by atoms with van der Waals surface area (Å²) < 4.78 is 25.1. The molecule has 2 heterocycles. The summed E-state index contributed by atoms with van der Waals surface area (Å²) >= 11 is 0. The molecule has 8 nitrogen and oxygen atoms in total. The van der Waals surface area contributed by atoms with E-state index in [0.717, 1.165) is 39.2 Å². The number of benzene rings is 3. The molecule has 1 aliphatic rings. The molecule has 0 spiro atoms. The fourth-order valence-corrected chi connectivity index (χ4v) is 5.14. The summed E-state index contributed by atoms with van der Waals surface area (Å²) in [5.74, 6) is 0.684. The molecule has 1 fully saturated rings. The largest absolute Gasteiger partial charge is 0.353 e. The van der Waals surface area contributed by atoms with E-state index in [1.165, 1.54) is 10.6 Å². The first-order valence-corrected chi connectivity index (χ1v) is 13.6. The minimum Gasteiger partial charge on any atom is -0.353 e. The first-order chi connectivity index (χ1) is 17.3. The molecule has 36 heavy (non-hydrogen) atoms. The topological polar surface area (TPSA) is 95.5 Å². The summed E-state index contributed by atoms with van der Waals surface area (Å²) in [6.07, 6.45) is 3.31. The molecular weight excluding hydrogens is 474 g/mol. The predicted molar refractivity (Wildman–Crippen MR) is 142 cm³/mol. The average Bonchev–Trinajstić information content (AvgIpc) is 2.88. The van der Waals surface area contributed by atoms with Crippen LogP contribution in [-0.4, -0.2) is 61.0 Å². The summed E-state index contributed by atoms with van der Waals surface area (Å²) in [4.78, 5) is 23.8. The Morgan fingerprint density at radius 1 is 0.889 bits per heavy atom. The SMILES string of the molecule is CS(=O)(=O)N1CCN(c2cnc3ccc(-c4ccc(NC(=O)Cc5ccccc5)cc4)cc3n2)CC1. The summed E-state index contributed by atoms with van der Waals surface area (Å²) in [5.41, 5.74) is 5.29. The molecule has 1 N–H and O–H groups in total. The smallest absolute Gasteiger partial charge is 0.228 e. The zero-order valence-electron chi connectivity index (χ0n) is 20.0. The summed E-state index contributed by atoms with van der Waals surface area (Å²) in [6.45, 7) is 2.02. The van der Waals surface area contributed by atoms with Crippen molar-refractivity contribution in [2.75, 3.05) is 42.7 Å². The number of piperazine rings is 1. The van der Waals surface area contributed by atoms with Crippen molar-refractivity contribution in [2.45, 2.75) is 6.42 Å². The Bertz CT molecular complexity index is 1480. The molecule has 4 aromatic rings. The van der Waals surface area contributed by atoms with E-state index in [1.807, 2.05) is 72.8 Å². The van der Waals surface area contributed by atoms with E-state index < -0.39 is 10.0 Å². The summed E-state index contributed by atoms with van der Waals surface area (Å²) in [7, 11) is -3.18. The van der Waals surface area contributed by atoms with Crippen molar-refractivity contribution in [1.82, 2.24) is 14.3 Å². The molecule has 5 rings (SSSR count). The van der Waals surface area contributed by atoms with Gasteiger partial charge in [-0.25, -0.2) is 13.4 Å². The maximum atomic E-state index is 12.3.